The molecule has 1 amide bonds. The number of hydrogen-bond donors (Lipinski definition) is 1. The summed E-state index contributed by atoms with van der Waals surface area (Å²) in [7, 11) is 0. The quantitative estimate of drug-likeness (QED) is 0.890. The van der Waals surface area contributed by atoms with Crippen LogP contribution in [0.5, 0.6) is 0 Å². The fraction of sp³-hybridized carbons (Fsp3) is 0.474. The third kappa shape index (κ3) is 3.62. The lowest BCUT2D eigenvalue weighted by atomic mass is 9.79. The van der Waals surface area contributed by atoms with Crippen molar-refractivity contribution < 1.29 is 14.0 Å². The number of ketones is 1. The van der Waals surface area contributed by atoms with Crippen molar-refractivity contribution in [2.24, 2.45) is 0 Å². The molecule has 1 saturated carbocycles. The fourth-order valence-electron chi connectivity index (χ4n) is 3.99. The SMILES string of the molecule is C[C@@H](c1ccc(-n2cc(F)cn2)nc1)N1CC(=O)NC2(CCC(=O)CC2)C1. The molecule has 0 bridgehead atoms. The molecule has 27 heavy (non-hydrogen) atoms. The maximum absolute atomic E-state index is 13.1. The van der Waals surface area contributed by atoms with Gasteiger partial charge in [-0.25, -0.2) is 14.1 Å². The molecule has 1 saturated heterocycles. The third-order valence-electron chi connectivity index (χ3n) is 5.61. The smallest absolute Gasteiger partial charge is 0.234 e. The number of piperazine rings is 1. The van der Waals surface area contributed by atoms with Crippen molar-refractivity contribution in [3.63, 3.8) is 0 Å². The Bertz CT molecular complexity index is 853. The number of nitrogens with one attached hydrogen (secondary N) is 1. The standard InChI is InChI=1S/C19H22FN5O2/c1-13(14-2-3-17(21-8-14)25-10-15(20)9-22-25)24-11-18(27)23-19(12-24)6-4-16(26)5-7-19/h2-3,8-10,13H,4-7,11-12H2,1H3,(H,23,27)/t13-/m0/s1. The Hall–Kier alpha value is -2.61. The van der Waals surface area contributed by atoms with E-state index in [0.717, 1.165) is 18.3 Å². The molecule has 1 spiro atoms. The summed E-state index contributed by atoms with van der Waals surface area (Å²) >= 11 is 0. The van der Waals surface area contributed by atoms with Gasteiger partial charge in [0, 0.05) is 31.6 Å². The lowest BCUT2D eigenvalue weighted by Gasteiger charge is -2.47. The summed E-state index contributed by atoms with van der Waals surface area (Å²) in [6.45, 7) is 3.09. The van der Waals surface area contributed by atoms with E-state index < -0.39 is 5.82 Å². The highest BCUT2D eigenvalue weighted by atomic mass is 19.1. The predicted molar refractivity (Wildman–Crippen MR) is 95.7 cm³/mol. The van der Waals surface area contributed by atoms with E-state index >= 15 is 0 Å². The number of aromatic nitrogens is 3. The first-order valence-electron chi connectivity index (χ1n) is 9.17. The number of nitrogens with zero attached hydrogens (tertiary/aromatic N) is 4. The Balaban J connectivity index is 1.50. The number of carbonyl (C=O) groups is 2. The van der Waals surface area contributed by atoms with Crippen LogP contribution in [0, 0.1) is 5.82 Å². The largest absolute Gasteiger partial charge is 0.348 e. The molecular weight excluding hydrogens is 349 g/mol. The average Bonchev–Trinajstić information content (AvgIpc) is 3.10. The molecule has 1 atom stereocenters. The molecule has 0 radical (unpaired) electrons. The van der Waals surface area contributed by atoms with Crippen LogP contribution in [0.1, 0.15) is 44.2 Å². The maximum atomic E-state index is 13.1. The lowest BCUT2D eigenvalue weighted by Crippen LogP contribution is -2.64. The first-order valence-corrected chi connectivity index (χ1v) is 9.17. The third-order valence-corrected chi connectivity index (χ3v) is 5.61. The molecule has 7 nitrogen and oxygen atoms in total. The Labute approximate surface area is 156 Å². The molecule has 0 unspecified atom stereocenters. The van der Waals surface area contributed by atoms with E-state index in [9.17, 15) is 14.0 Å². The highest BCUT2D eigenvalue weighted by Gasteiger charge is 2.42. The van der Waals surface area contributed by atoms with Gasteiger partial charge in [0.2, 0.25) is 5.91 Å². The molecule has 0 aromatic carbocycles. The van der Waals surface area contributed by atoms with Gasteiger partial charge in [-0.1, -0.05) is 6.07 Å². The van der Waals surface area contributed by atoms with Gasteiger partial charge in [-0.15, -0.1) is 0 Å². The molecule has 1 aliphatic carbocycles. The minimum atomic E-state index is -0.412. The second-order valence-corrected chi connectivity index (χ2v) is 7.50. The van der Waals surface area contributed by atoms with Crippen LogP contribution in [0.15, 0.2) is 30.7 Å². The van der Waals surface area contributed by atoms with E-state index in [1.54, 1.807) is 12.3 Å². The van der Waals surface area contributed by atoms with Crippen molar-refractivity contribution in [2.45, 2.75) is 44.2 Å². The predicted octanol–water partition coefficient (Wildman–Crippen LogP) is 1.78. The minimum absolute atomic E-state index is 0.000885. The second-order valence-electron chi connectivity index (χ2n) is 7.50. The summed E-state index contributed by atoms with van der Waals surface area (Å²) in [6, 6.07) is 3.72. The van der Waals surface area contributed by atoms with Crippen molar-refractivity contribution in [2.75, 3.05) is 13.1 Å². The number of carbonyl (C=O) groups excluding carboxylic acids is 2. The molecule has 2 aromatic rings. The highest BCUT2D eigenvalue weighted by molar-refractivity contribution is 5.82. The molecule has 8 heteroatoms. The maximum Gasteiger partial charge on any atom is 0.234 e. The van der Waals surface area contributed by atoms with Crippen LogP contribution in [0.2, 0.25) is 0 Å². The van der Waals surface area contributed by atoms with Gasteiger partial charge in [0.25, 0.3) is 0 Å². The second kappa shape index (κ2) is 6.84. The van der Waals surface area contributed by atoms with Crippen LogP contribution >= 0.6 is 0 Å². The number of pyridine rings is 1. The lowest BCUT2D eigenvalue weighted by molar-refractivity contribution is -0.133. The number of amides is 1. The van der Waals surface area contributed by atoms with E-state index in [0.29, 0.717) is 38.0 Å². The van der Waals surface area contributed by atoms with Gasteiger partial charge in [-0.2, -0.15) is 5.10 Å². The van der Waals surface area contributed by atoms with Gasteiger partial charge in [0.05, 0.1) is 24.5 Å². The van der Waals surface area contributed by atoms with Crippen molar-refractivity contribution in [1.29, 1.82) is 0 Å². The van der Waals surface area contributed by atoms with Gasteiger partial charge >= 0.3 is 0 Å². The molecule has 4 rings (SSSR count). The molecule has 2 aliphatic rings. The van der Waals surface area contributed by atoms with Gasteiger partial charge in [-0.3, -0.25) is 14.5 Å². The average molecular weight is 371 g/mol. The molecule has 2 fully saturated rings. The first-order chi connectivity index (χ1) is 12.9. The van der Waals surface area contributed by atoms with Crippen LogP contribution in [0.25, 0.3) is 5.82 Å². The highest BCUT2D eigenvalue weighted by Crippen LogP contribution is 2.32. The summed E-state index contributed by atoms with van der Waals surface area (Å²) in [6.07, 6.45) is 6.60. The molecule has 1 aliphatic heterocycles. The van der Waals surface area contributed by atoms with Crippen LogP contribution < -0.4 is 5.32 Å². The van der Waals surface area contributed by atoms with Crippen molar-refractivity contribution in [3.8, 4) is 5.82 Å². The monoisotopic (exact) mass is 371 g/mol. The van der Waals surface area contributed by atoms with E-state index in [1.807, 2.05) is 13.0 Å². The summed E-state index contributed by atoms with van der Waals surface area (Å²) < 4.78 is 14.5. The molecule has 142 valence electrons. The number of rotatable bonds is 3. The number of hydrogen-bond acceptors (Lipinski definition) is 5. The normalized spacial score (nSPS) is 21.3. The van der Waals surface area contributed by atoms with Crippen molar-refractivity contribution >= 4 is 11.7 Å². The summed E-state index contributed by atoms with van der Waals surface area (Å²) in [5, 5.41) is 7.04. The van der Waals surface area contributed by atoms with Gasteiger partial charge in [0.1, 0.15) is 5.78 Å². The number of Topliss-reactive ketones (excluding diaryl/α,β-unsaturated/α-hetero) is 1. The number of halogens is 1. The van der Waals surface area contributed by atoms with Gasteiger partial charge < -0.3 is 5.32 Å². The Kier molecular flexibility index (Phi) is 4.51. The molecule has 2 aromatic heterocycles. The van der Waals surface area contributed by atoms with Crippen LogP contribution in [0.4, 0.5) is 4.39 Å². The van der Waals surface area contributed by atoms with Crippen LogP contribution in [-0.4, -0.2) is 50.0 Å². The van der Waals surface area contributed by atoms with E-state index in [2.05, 4.69) is 20.3 Å². The summed E-state index contributed by atoms with van der Waals surface area (Å²) in [5.41, 5.74) is 0.667. The summed E-state index contributed by atoms with van der Waals surface area (Å²) in [5.74, 6) is 0.396. The van der Waals surface area contributed by atoms with E-state index in [-0.39, 0.29) is 23.3 Å². The zero-order valence-electron chi connectivity index (χ0n) is 15.2. The minimum Gasteiger partial charge on any atom is -0.348 e. The first kappa shape index (κ1) is 17.8. The van der Waals surface area contributed by atoms with Crippen molar-refractivity contribution in [1.82, 2.24) is 25.0 Å². The van der Waals surface area contributed by atoms with Gasteiger partial charge in [-0.05, 0) is 31.4 Å². The zero-order valence-corrected chi connectivity index (χ0v) is 15.2. The van der Waals surface area contributed by atoms with E-state index in [1.165, 1.54) is 10.9 Å². The van der Waals surface area contributed by atoms with Gasteiger partial charge in [0.15, 0.2) is 11.6 Å². The zero-order chi connectivity index (χ0) is 19.0. The molecule has 1 N–H and O–H groups in total. The van der Waals surface area contributed by atoms with Crippen molar-refractivity contribution in [3.05, 3.63) is 42.1 Å². The fourth-order valence-corrected chi connectivity index (χ4v) is 3.99. The Morgan fingerprint density at radius 2 is 2.00 bits per heavy atom. The molecule has 3 heterocycles. The topological polar surface area (TPSA) is 80.1 Å². The summed E-state index contributed by atoms with van der Waals surface area (Å²) in [4.78, 5) is 30.4. The van der Waals surface area contributed by atoms with E-state index in [4.69, 9.17) is 0 Å². The Morgan fingerprint density at radius 1 is 1.22 bits per heavy atom. The molecular formula is C19H22FN5O2. The van der Waals surface area contributed by atoms with Crippen LogP contribution in [0.3, 0.4) is 0 Å². The van der Waals surface area contributed by atoms with Crippen LogP contribution in [-0.2, 0) is 9.59 Å². The Morgan fingerprint density at radius 3 is 2.63 bits per heavy atom.